The molecule has 4 nitrogen and oxygen atoms in total. The predicted octanol–water partition coefficient (Wildman–Crippen LogP) is 4.18. The quantitative estimate of drug-likeness (QED) is 0.451. The summed E-state index contributed by atoms with van der Waals surface area (Å²) >= 11 is 4.87. The minimum atomic E-state index is 0.549. The van der Waals surface area contributed by atoms with Gasteiger partial charge < -0.3 is 5.73 Å². The third-order valence-electron chi connectivity index (χ3n) is 3.00. The maximum atomic E-state index is 5.96. The molecular weight excluding hydrogens is 320 g/mol. The first kappa shape index (κ1) is 13.0. The normalized spacial score (nSPS) is 11.4. The van der Waals surface area contributed by atoms with E-state index >= 15 is 0 Å². The average molecular weight is 330 g/mol. The van der Waals surface area contributed by atoms with Crippen LogP contribution in [0.1, 0.15) is 5.01 Å². The van der Waals surface area contributed by atoms with Crippen molar-refractivity contribution in [2.24, 2.45) is 0 Å². The van der Waals surface area contributed by atoms with Crippen molar-refractivity contribution in [2.45, 2.75) is 10.9 Å². The minimum Gasteiger partial charge on any atom is -0.383 e. The molecule has 0 spiro atoms. The monoisotopic (exact) mass is 330 g/mol. The zero-order valence-electron chi connectivity index (χ0n) is 10.8. The molecule has 0 atom stereocenters. The van der Waals surface area contributed by atoms with Gasteiger partial charge in [0.1, 0.15) is 15.7 Å². The van der Waals surface area contributed by atoms with E-state index < -0.39 is 0 Å². The Bertz CT molecular complexity index is 895. The number of hydrogen-bond donors (Lipinski definition) is 1. The van der Waals surface area contributed by atoms with E-state index in [2.05, 4.69) is 21.0 Å². The molecule has 0 bridgehead atoms. The van der Waals surface area contributed by atoms with Crippen LogP contribution in [0, 0.1) is 0 Å². The van der Waals surface area contributed by atoms with Crippen molar-refractivity contribution < 1.29 is 0 Å². The lowest BCUT2D eigenvalue weighted by Gasteiger charge is -2.00. The van der Waals surface area contributed by atoms with Crippen LogP contribution >= 0.6 is 34.4 Å². The molecule has 0 aliphatic rings. The molecule has 0 fully saturated rings. The molecule has 0 radical (unpaired) electrons. The molecule has 3 heterocycles. The first-order valence-electron chi connectivity index (χ1n) is 6.27. The van der Waals surface area contributed by atoms with Gasteiger partial charge in [0.25, 0.3) is 0 Å². The third kappa shape index (κ3) is 2.48. The van der Waals surface area contributed by atoms with Gasteiger partial charge in [-0.25, -0.2) is 15.0 Å². The van der Waals surface area contributed by atoms with Crippen molar-refractivity contribution in [3.8, 4) is 0 Å². The highest BCUT2D eigenvalue weighted by Gasteiger charge is 2.09. The van der Waals surface area contributed by atoms with Crippen molar-refractivity contribution in [3.05, 3.63) is 40.7 Å². The van der Waals surface area contributed by atoms with Crippen molar-refractivity contribution >= 4 is 60.7 Å². The molecule has 7 heteroatoms. The maximum absolute atomic E-state index is 5.96. The lowest BCUT2D eigenvalue weighted by Crippen LogP contribution is -1.95. The van der Waals surface area contributed by atoms with Gasteiger partial charge in [-0.1, -0.05) is 23.9 Å². The molecular formula is C14H10N4S3. The van der Waals surface area contributed by atoms with Crippen LogP contribution in [0.25, 0.3) is 20.4 Å². The van der Waals surface area contributed by atoms with Crippen LogP contribution in [0.2, 0.25) is 0 Å². The maximum Gasteiger partial charge on any atom is 0.191 e. The molecule has 4 rings (SSSR count). The number of hydrogen-bond acceptors (Lipinski definition) is 7. The van der Waals surface area contributed by atoms with Gasteiger partial charge in [0.05, 0.1) is 21.4 Å². The number of nitrogens with two attached hydrogens (primary N) is 1. The second kappa shape index (κ2) is 5.25. The van der Waals surface area contributed by atoms with Gasteiger partial charge >= 0.3 is 0 Å². The molecule has 0 aliphatic heterocycles. The Balaban J connectivity index is 1.59. The van der Waals surface area contributed by atoms with E-state index in [1.54, 1.807) is 34.4 Å². The first-order chi connectivity index (χ1) is 10.3. The summed E-state index contributed by atoms with van der Waals surface area (Å²) in [6, 6.07) is 10.1. The van der Waals surface area contributed by atoms with Crippen LogP contribution in [0.4, 0.5) is 5.82 Å². The summed E-state index contributed by atoms with van der Waals surface area (Å²) in [5, 5.41) is 4.71. The first-order valence-corrected chi connectivity index (χ1v) is 8.96. The molecule has 4 aromatic rings. The molecule has 1 aromatic carbocycles. The molecule has 0 unspecified atom stereocenters. The molecule has 104 valence electrons. The van der Waals surface area contributed by atoms with Gasteiger partial charge in [0.2, 0.25) is 0 Å². The van der Waals surface area contributed by atoms with Crippen LogP contribution in [0.15, 0.2) is 40.9 Å². The number of benzene rings is 1. The van der Waals surface area contributed by atoms with Crippen molar-refractivity contribution in [1.29, 1.82) is 0 Å². The summed E-state index contributed by atoms with van der Waals surface area (Å²) in [5.41, 5.74) is 7.01. The summed E-state index contributed by atoms with van der Waals surface area (Å²) in [4.78, 5) is 14.4. The fraction of sp³-hybridized carbons (Fsp3) is 0.0714. The number of nitrogens with zero attached hydrogens (tertiary/aromatic N) is 3. The topological polar surface area (TPSA) is 64.7 Å². The van der Waals surface area contributed by atoms with Crippen molar-refractivity contribution in [1.82, 2.24) is 15.0 Å². The number of fused-ring (bicyclic) bond motifs is 2. The fourth-order valence-corrected chi connectivity index (χ4v) is 4.67. The highest BCUT2D eigenvalue weighted by molar-refractivity contribution is 7.98. The molecule has 0 aliphatic carbocycles. The smallest absolute Gasteiger partial charge is 0.191 e. The highest BCUT2D eigenvalue weighted by Crippen LogP contribution is 2.30. The number of aromatic nitrogens is 3. The number of thiazole rings is 1. The van der Waals surface area contributed by atoms with Crippen LogP contribution in [0.5, 0.6) is 0 Å². The zero-order chi connectivity index (χ0) is 14.2. The second-order valence-corrected chi connectivity index (χ2v) is 7.35. The van der Waals surface area contributed by atoms with Crippen LogP contribution in [0.3, 0.4) is 0 Å². The average Bonchev–Trinajstić information content (AvgIpc) is 3.11. The van der Waals surface area contributed by atoms with E-state index in [1.165, 1.54) is 4.70 Å². The Morgan fingerprint density at radius 1 is 1.10 bits per heavy atom. The summed E-state index contributed by atoms with van der Waals surface area (Å²) in [6.45, 7) is 0. The van der Waals surface area contributed by atoms with Gasteiger partial charge in [0, 0.05) is 0 Å². The molecule has 0 amide bonds. The Labute approximate surface area is 133 Å². The highest BCUT2D eigenvalue weighted by atomic mass is 32.2. The summed E-state index contributed by atoms with van der Waals surface area (Å²) in [7, 11) is 0. The van der Waals surface area contributed by atoms with E-state index in [9.17, 15) is 0 Å². The molecule has 0 saturated heterocycles. The number of para-hydroxylation sites is 1. The molecule has 3 aromatic heterocycles. The van der Waals surface area contributed by atoms with Gasteiger partial charge in [-0.3, -0.25) is 0 Å². The number of anilines is 1. The lowest BCUT2D eigenvalue weighted by atomic mass is 10.3. The van der Waals surface area contributed by atoms with Crippen LogP contribution < -0.4 is 5.73 Å². The van der Waals surface area contributed by atoms with Crippen molar-refractivity contribution in [3.63, 3.8) is 0 Å². The van der Waals surface area contributed by atoms with Gasteiger partial charge in [-0.05, 0) is 23.6 Å². The molecule has 21 heavy (non-hydrogen) atoms. The zero-order valence-corrected chi connectivity index (χ0v) is 13.3. The second-order valence-electron chi connectivity index (χ2n) is 4.39. The van der Waals surface area contributed by atoms with E-state index in [-0.39, 0.29) is 0 Å². The van der Waals surface area contributed by atoms with E-state index in [4.69, 9.17) is 5.73 Å². The Hall–Kier alpha value is -1.70. The van der Waals surface area contributed by atoms with Crippen LogP contribution in [-0.2, 0) is 5.75 Å². The minimum absolute atomic E-state index is 0.549. The summed E-state index contributed by atoms with van der Waals surface area (Å²) in [5.74, 6) is 1.31. The Morgan fingerprint density at radius 2 is 2.00 bits per heavy atom. The van der Waals surface area contributed by atoms with E-state index in [0.29, 0.717) is 11.0 Å². The summed E-state index contributed by atoms with van der Waals surface area (Å²) < 4.78 is 1.21. The number of thioether (sulfide) groups is 1. The fourth-order valence-electron chi connectivity index (χ4n) is 2.03. The summed E-state index contributed by atoms with van der Waals surface area (Å²) in [6.07, 6.45) is 0. The molecule has 0 saturated carbocycles. The van der Waals surface area contributed by atoms with Crippen LogP contribution in [-0.4, -0.2) is 15.0 Å². The third-order valence-corrected chi connectivity index (χ3v) is 5.88. The Kier molecular flexibility index (Phi) is 3.25. The van der Waals surface area contributed by atoms with Gasteiger partial charge in [0.15, 0.2) is 5.16 Å². The lowest BCUT2D eigenvalue weighted by molar-refractivity contribution is 1.02. The SMILES string of the molecule is Nc1nc(SCc2nc3ccccc3s2)nc2sccc12. The van der Waals surface area contributed by atoms with Crippen molar-refractivity contribution in [2.75, 3.05) is 5.73 Å². The number of thiophene rings is 1. The van der Waals surface area contributed by atoms with E-state index in [1.807, 2.05) is 29.6 Å². The van der Waals surface area contributed by atoms with Gasteiger partial charge in [-0.2, -0.15) is 0 Å². The number of nitrogen functional groups attached to an aromatic ring is 1. The predicted molar refractivity (Wildman–Crippen MR) is 91.0 cm³/mol. The Morgan fingerprint density at radius 3 is 2.90 bits per heavy atom. The van der Waals surface area contributed by atoms with Gasteiger partial charge in [-0.15, -0.1) is 22.7 Å². The van der Waals surface area contributed by atoms with E-state index in [0.717, 1.165) is 26.5 Å². The largest absolute Gasteiger partial charge is 0.383 e. The standard InChI is InChI=1S/C14H10N4S3/c15-12-8-5-6-19-13(8)18-14(17-12)20-7-11-16-9-3-1-2-4-10(9)21-11/h1-6H,7H2,(H2,15,17,18). The number of rotatable bonds is 3. The molecule has 2 N–H and O–H groups in total.